The van der Waals surface area contributed by atoms with Crippen molar-refractivity contribution in [2.75, 3.05) is 18.2 Å². The molecule has 1 heterocycles. The Morgan fingerprint density at radius 3 is 2.94 bits per heavy atom. The molecule has 2 aromatic rings. The molecular weight excluding hydrogens is 238 g/mol. The number of hydrogen-bond acceptors (Lipinski definition) is 5. The third-order valence-electron chi connectivity index (χ3n) is 2.22. The lowest BCUT2D eigenvalue weighted by Gasteiger charge is -2.08. The number of hydrogen-bond donors (Lipinski definition) is 3. The highest BCUT2D eigenvalue weighted by Gasteiger charge is 2.00. The van der Waals surface area contributed by atoms with Crippen LogP contribution in [0.2, 0.25) is 0 Å². The Morgan fingerprint density at radius 2 is 2.29 bits per heavy atom. The third kappa shape index (κ3) is 3.01. The standard InChI is InChI=1S/C11H13N3O2S/c1-16-10-3-7(12)2-8(4-10)13-5-9-6-17-11(15)14-9/h2-4,6,13H,5,12H2,1H3,(H,14,15). The van der Waals surface area contributed by atoms with E-state index in [-0.39, 0.29) is 4.87 Å². The topological polar surface area (TPSA) is 80.1 Å². The summed E-state index contributed by atoms with van der Waals surface area (Å²) in [6.45, 7) is 0.547. The number of benzene rings is 1. The third-order valence-corrected chi connectivity index (χ3v) is 2.94. The molecule has 90 valence electrons. The van der Waals surface area contributed by atoms with Crippen LogP contribution in [-0.2, 0) is 6.54 Å². The minimum Gasteiger partial charge on any atom is -0.497 e. The van der Waals surface area contributed by atoms with Crippen LogP contribution in [0.5, 0.6) is 5.75 Å². The maximum atomic E-state index is 11.0. The summed E-state index contributed by atoms with van der Waals surface area (Å²) >= 11 is 1.15. The molecule has 1 aromatic carbocycles. The van der Waals surface area contributed by atoms with Crippen LogP contribution in [0, 0.1) is 0 Å². The summed E-state index contributed by atoms with van der Waals surface area (Å²) in [5, 5.41) is 4.96. The van der Waals surface area contributed by atoms with Gasteiger partial charge in [-0.2, -0.15) is 0 Å². The number of H-pyrrole nitrogens is 1. The van der Waals surface area contributed by atoms with E-state index in [9.17, 15) is 4.79 Å². The molecular formula is C11H13N3O2S. The monoisotopic (exact) mass is 251 g/mol. The van der Waals surface area contributed by atoms with Crippen molar-refractivity contribution in [2.45, 2.75) is 6.54 Å². The van der Waals surface area contributed by atoms with Crippen molar-refractivity contribution in [1.82, 2.24) is 4.98 Å². The normalized spacial score (nSPS) is 10.2. The van der Waals surface area contributed by atoms with Crippen molar-refractivity contribution in [1.29, 1.82) is 0 Å². The quantitative estimate of drug-likeness (QED) is 0.722. The van der Waals surface area contributed by atoms with Crippen molar-refractivity contribution in [3.05, 3.63) is 38.9 Å². The summed E-state index contributed by atoms with van der Waals surface area (Å²) in [6, 6.07) is 5.41. The van der Waals surface area contributed by atoms with Crippen molar-refractivity contribution in [2.24, 2.45) is 0 Å². The number of methoxy groups -OCH3 is 1. The molecule has 6 heteroatoms. The van der Waals surface area contributed by atoms with Crippen molar-refractivity contribution in [3.8, 4) is 5.75 Å². The summed E-state index contributed by atoms with van der Waals surface area (Å²) in [7, 11) is 1.59. The molecule has 0 atom stereocenters. The molecule has 0 unspecified atom stereocenters. The molecule has 0 bridgehead atoms. The van der Waals surface area contributed by atoms with E-state index in [1.807, 2.05) is 12.1 Å². The number of nitrogens with one attached hydrogen (secondary N) is 2. The fourth-order valence-corrected chi connectivity index (χ4v) is 2.02. The predicted molar refractivity (Wildman–Crippen MR) is 69.7 cm³/mol. The smallest absolute Gasteiger partial charge is 0.304 e. The van der Waals surface area contributed by atoms with Gasteiger partial charge in [0.2, 0.25) is 0 Å². The minimum absolute atomic E-state index is 0.0491. The number of anilines is 2. The maximum Gasteiger partial charge on any atom is 0.304 e. The molecule has 0 spiro atoms. The second-order valence-electron chi connectivity index (χ2n) is 3.52. The number of nitrogen functional groups attached to an aromatic ring is 1. The Kier molecular flexibility index (Phi) is 3.34. The Balaban J connectivity index is 2.08. The minimum atomic E-state index is -0.0491. The average Bonchev–Trinajstić information content (AvgIpc) is 2.72. The number of aromatic amines is 1. The summed E-state index contributed by atoms with van der Waals surface area (Å²) in [4.78, 5) is 13.6. The Bertz CT molecular complexity index is 562. The lowest BCUT2D eigenvalue weighted by molar-refractivity contribution is 0.415. The van der Waals surface area contributed by atoms with E-state index in [0.717, 1.165) is 22.7 Å². The highest BCUT2D eigenvalue weighted by molar-refractivity contribution is 7.07. The van der Waals surface area contributed by atoms with Crippen LogP contribution >= 0.6 is 11.3 Å². The van der Waals surface area contributed by atoms with Crippen molar-refractivity contribution < 1.29 is 4.74 Å². The van der Waals surface area contributed by atoms with E-state index in [2.05, 4.69) is 10.3 Å². The fraction of sp³-hybridized carbons (Fsp3) is 0.182. The first kappa shape index (κ1) is 11.5. The van der Waals surface area contributed by atoms with Gasteiger partial charge in [-0.1, -0.05) is 11.3 Å². The lowest BCUT2D eigenvalue weighted by Crippen LogP contribution is -2.03. The van der Waals surface area contributed by atoms with Crippen LogP contribution in [-0.4, -0.2) is 12.1 Å². The zero-order valence-electron chi connectivity index (χ0n) is 9.32. The van der Waals surface area contributed by atoms with Gasteiger partial charge in [-0.15, -0.1) is 0 Å². The second kappa shape index (κ2) is 4.92. The van der Waals surface area contributed by atoms with E-state index >= 15 is 0 Å². The predicted octanol–water partition coefficient (Wildman–Crippen LogP) is 1.64. The zero-order valence-corrected chi connectivity index (χ0v) is 10.1. The number of thiazole rings is 1. The molecule has 0 aliphatic heterocycles. The number of nitrogens with two attached hydrogens (primary N) is 1. The fourth-order valence-electron chi connectivity index (χ4n) is 1.44. The molecule has 0 amide bonds. The zero-order chi connectivity index (χ0) is 12.3. The molecule has 0 radical (unpaired) electrons. The van der Waals surface area contributed by atoms with Crippen LogP contribution in [0.4, 0.5) is 11.4 Å². The van der Waals surface area contributed by atoms with Gasteiger partial charge < -0.3 is 20.8 Å². The van der Waals surface area contributed by atoms with Gasteiger partial charge in [-0.3, -0.25) is 4.79 Å². The van der Waals surface area contributed by atoms with Gasteiger partial charge in [0.25, 0.3) is 0 Å². The molecule has 0 saturated heterocycles. The molecule has 0 fully saturated rings. The summed E-state index contributed by atoms with van der Waals surface area (Å²) in [5.41, 5.74) is 8.07. The van der Waals surface area contributed by atoms with Gasteiger partial charge >= 0.3 is 4.87 Å². The average molecular weight is 251 g/mol. The van der Waals surface area contributed by atoms with E-state index < -0.39 is 0 Å². The lowest BCUT2D eigenvalue weighted by atomic mass is 10.2. The van der Waals surface area contributed by atoms with Crippen LogP contribution < -0.4 is 20.7 Å². The Morgan fingerprint density at radius 1 is 1.47 bits per heavy atom. The summed E-state index contributed by atoms with van der Waals surface area (Å²) < 4.78 is 5.12. The van der Waals surface area contributed by atoms with E-state index in [0.29, 0.717) is 18.0 Å². The number of ether oxygens (including phenoxy) is 1. The molecule has 4 N–H and O–H groups in total. The molecule has 0 aliphatic carbocycles. The summed E-state index contributed by atoms with van der Waals surface area (Å²) in [5.74, 6) is 0.700. The molecule has 0 saturated carbocycles. The van der Waals surface area contributed by atoms with E-state index in [1.165, 1.54) is 0 Å². The van der Waals surface area contributed by atoms with Gasteiger partial charge in [-0.05, 0) is 6.07 Å². The maximum absolute atomic E-state index is 11.0. The first-order valence-corrected chi connectivity index (χ1v) is 5.90. The number of rotatable bonds is 4. The number of aromatic nitrogens is 1. The highest BCUT2D eigenvalue weighted by Crippen LogP contribution is 2.22. The van der Waals surface area contributed by atoms with E-state index in [4.69, 9.17) is 10.5 Å². The second-order valence-corrected chi connectivity index (χ2v) is 4.36. The van der Waals surface area contributed by atoms with Crippen LogP contribution in [0.1, 0.15) is 5.69 Å². The molecule has 2 rings (SSSR count). The van der Waals surface area contributed by atoms with Crippen LogP contribution in [0.15, 0.2) is 28.4 Å². The molecule has 5 nitrogen and oxygen atoms in total. The van der Waals surface area contributed by atoms with Crippen molar-refractivity contribution in [3.63, 3.8) is 0 Å². The van der Waals surface area contributed by atoms with Crippen LogP contribution in [0.3, 0.4) is 0 Å². The van der Waals surface area contributed by atoms with E-state index in [1.54, 1.807) is 18.6 Å². The van der Waals surface area contributed by atoms with Gasteiger partial charge in [0.15, 0.2) is 0 Å². The Hall–Kier alpha value is -1.95. The first-order valence-electron chi connectivity index (χ1n) is 5.02. The van der Waals surface area contributed by atoms with Crippen LogP contribution in [0.25, 0.3) is 0 Å². The van der Waals surface area contributed by atoms with Gasteiger partial charge in [-0.25, -0.2) is 0 Å². The molecule has 0 aliphatic rings. The largest absolute Gasteiger partial charge is 0.497 e. The SMILES string of the molecule is COc1cc(N)cc(NCc2csc(=O)[nH]2)c1. The Labute approximate surface area is 102 Å². The summed E-state index contributed by atoms with van der Waals surface area (Å²) in [6.07, 6.45) is 0. The molecule has 1 aromatic heterocycles. The van der Waals surface area contributed by atoms with Crippen molar-refractivity contribution >= 4 is 22.7 Å². The highest BCUT2D eigenvalue weighted by atomic mass is 32.1. The van der Waals surface area contributed by atoms with Gasteiger partial charge in [0, 0.05) is 34.6 Å². The van der Waals surface area contributed by atoms with Gasteiger partial charge in [0.1, 0.15) is 5.75 Å². The first-order chi connectivity index (χ1) is 8.17. The molecule has 17 heavy (non-hydrogen) atoms. The van der Waals surface area contributed by atoms with Gasteiger partial charge in [0.05, 0.1) is 13.7 Å².